The Labute approximate surface area is 164 Å². The van der Waals surface area contributed by atoms with Gasteiger partial charge in [-0.05, 0) is 30.5 Å². The highest BCUT2D eigenvalue weighted by atomic mass is 32.1. The van der Waals surface area contributed by atoms with Crippen molar-refractivity contribution >= 4 is 23.2 Å². The lowest BCUT2D eigenvalue weighted by Gasteiger charge is -2.44. The third-order valence-electron chi connectivity index (χ3n) is 5.52. The maximum atomic E-state index is 13.8. The Balaban J connectivity index is 1.47. The molecule has 1 spiro atoms. The third-order valence-corrected chi connectivity index (χ3v) is 6.70. The smallest absolute Gasteiger partial charge is 0.345 e. The fourth-order valence-electron chi connectivity index (χ4n) is 4.01. The van der Waals surface area contributed by atoms with Gasteiger partial charge in [0.1, 0.15) is 4.88 Å². The minimum absolute atomic E-state index is 0.0467. The molecule has 0 atom stereocenters. The monoisotopic (exact) mass is 407 g/mol. The first-order valence-corrected chi connectivity index (χ1v) is 9.92. The molecule has 2 aliphatic heterocycles. The number of fused-ring (bicyclic) bond motifs is 2. The summed E-state index contributed by atoms with van der Waals surface area (Å²) < 4.78 is 33.3. The van der Waals surface area contributed by atoms with Crippen LogP contribution in [0, 0.1) is 11.6 Å². The molecule has 148 valence electrons. The summed E-state index contributed by atoms with van der Waals surface area (Å²) >= 11 is 1.29. The van der Waals surface area contributed by atoms with Crippen LogP contribution in [0.1, 0.15) is 38.5 Å². The lowest BCUT2D eigenvalue weighted by Crippen LogP contribution is -2.48. The van der Waals surface area contributed by atoms with E-state index in [0.717, 1.165) is 16.5 Å². The van der Waals surface area contributed by atoms with Crippen LogP contribution in [0.4, 0.5) is 8.78 Å². The summed E-state index contributed by atoms with van der Waals surface area (Å²) in [5.41, 5.74) is 0.397. The maximum Gasteiger partial charge on any atom is 0.345 e. The molecule has 0 bridgehead atoms. The second-order valence-corrected chi connectivity index (χ2v) is 8.25. The van der Waals surface area contributed by atoms with Gasteiger partial charge in [-0.2, -0.15) is 0 Å². The van der Waals surface area contributed by atoms with Gasteiger partial charge in [-0.15, -0.1) is 11.3 Å². The lowest BCUT2D eigenvalue weighted by atomic mass is 9.82. The van der Waals surface area contributed by atoms with Crippen molar-refractivity contribution in [2.24, 2.45) is 0 Å². The van der Waals surface area contributed by atoms with Gasteiger partial charge in [-0.3, -0.25) is 4.79 Å². The molecule has 0 unspecified atom stereocenters. The molecule has 2 aromatic rings. The quantitative estimate of drug-likeness (QED) is 0.847. The number of nitrogens with zero attached hydrogens (tertiary/aromatic N) is 1. The van der Waals surface area contributed by atoms with Crippen molar-refractivity contribution in [1.29, 1.82) is 0 Å². The summed E-state index contributed by atoms with van der Waals surface area (Å²) in [7, 11) is 0. The van der Waals surface area contributed by atoms with Gasteiger partial charge in [0.15, 0.2) is 11.6 Å². The van der Waals surface area contributed by atoms with Crippen LogP contribution in [0.3, 0.4) is 0 Å². The minimum atomic E-state index is -0.982. The number of likely N-dealkylation sites (tertiary alicyclic amines) is 1. The van der Waals surface area contributed by atoms with Gasteiger partial charge in [0, 0.05) is 30.0 Å². The molecule has 4 rings (SSSR count). The van der Waals surface area contributed by atoms with E-state index in [9.17, 15) is 23.5 Å². The van der Waals surface area contributed by atoms with E-state index in [1.807, 2.05) is 0 Å². The van der Waals surface area contributed by atoms with Gasteiger partial charge in [-0.1, -0.05) is 12.1 Å². The zero-order valence-electron chi connectivity index (χ0n) is 15.0. The van der Waals surface area contributed by atoms with E-state index in [-0.39, 0.29) is 17.9 Å². The predicted molar refractivity (Wildman–Crippen MR) is 98.5 cm³/mol. The number of ether oxygens (including phenoxy) is 1. The summed E-state index contributed by atoms with van der Waals surface area (Å²) in [6.07, 6.45) is 1.60. The van der Waals surface area contributed by atoms with Crippen molar-refractivity contribution in [2.45, 2.75) is 31.3 Å². The fraction of sp³-hybridized carbons (Fsp3) is 0.400. The van der Waals surface area contributed by atoms with Crippen LogP contribution in [-0.2, 0) is 28.0 Å². The average molecular weight is 407 g/mol. The maximum absolute atomic E-state index is 13.8. The van der Waals surface area contributed by atoms with E-state index >= 15 is 0 Å². The molecule has 1 aromatic carbocycles. The Bertz CT molecular complexity index is 934. The zero-order chi connectivity index (χ0) is 19.9. The summed E-state index contributed by atoms with van der Waals surface area (Å²) in [4.78, 5) is 26.8. The second kappa shape index (κ2) is 7.25. The van der Waals surface area contributed by atoms with Crippen molar-refractivity contribution in [3.05, 3.63) is 56.8 Å². The topological polar surface area (TPSA) is 66.8 Å². The molecule has 0 saturated carbocycles. The predicted octanol–water partition coefficient (Wildman–Crippen LogP) is 3.36. The van der Waals surface area contributed by atoms with Gasteiger partial charge in [0.2, 0.25) is 5.91 Å². The molecular formula is C20H19F2NO4S. The van der Waals surface area contributed by atoms with Crippen LogP contribution in [0.5, 0.6) is 0 Å². The van der Waals surface area contributed by atoms with E-state index in [0.29, 0.717) is 43.8 Å². The molecular weight excluding hydrogens is 388 g/mol. The average Bonchev–Trinajstić information content (AvgIpc) is 3.12. The minimum Gasteiger partial charge on any atom is -0.477 e. The summed E-state index contributed by atoms with van der Waals surface area (Å²) in [6.45, 7) is 1.37. The summed E-state index contributed by atoms with van der Waals surface area (Å²) in [5.74, 6) is -3.15. The molecule has 1 amide bonds. The number of carboxylic acids is 1. The van der Waals surface area contributed by atoms with Gasteiger partial charge in [-0.25, -0.2) is 13.6 Å². The van der Waals surface area contributed by atoms with Crippen LogP contribution in [0.2, 0.25) is 0 Å². The van der Waals surface area contributed by atoms with Crippen molar-refractivity contribution < 1.29 is 28.2 Å². The third kappa shape index (κ3) is 3.31. The van der Waals surface area contributed by atoms with Crippen LogP contribution in [-0.4, -0.2) is 41.6 Å². The number of amides is 1. The Morgan fingerprint density at radius 1 is 1.25 bits per heavy atom. The number of benzene rings is 1. The highest BCUT2D eigenvalue weighted by Gasteiger charge is 2.43. The number of thiophene rings is 1. The van der Waals surface area contributed by atoms with Crippen LogP contribution >= 0.6 is 11.3 Å². The SMILES string of the molecule is O=C(O)c1cc2c(s1)CCOC21CCN(C(=O)Cc2cccc(F)c2F)CC1. The number of hydrogen-bond donors (Lipinski definition) is 1. The van der Waals surface area contributed by atoms with Gasteiger partial charge in [0.25, 0.3) is 0 Å². The van der Waals surface area contributed by atoms with Gasteiger partial charge >= 0.3 is 5.97 Å². The molecule has 1 fully saturated rings. The number of halogens is 2. The molecule has 3 heterocycles. The summed E-state index contributed by atoms with van der Waals surface area (Å²) in [5, 5.41) is 9.28. The van der Waals surface area contributed by atoms with E-state index in [1.54, 1.807) is 11.0 Å². The van der Waals surface area contributed by atoms with Crippen LogP contribution in [0.25, 0.3) is 0 Å². The largest absolute Gasteiger partial charge is 0.477 e. The van der Waals surface area contributed by atoms with E-state index in [4.69, 9.17) is 4.74 Å². The molecule has 0 radical (unpaired) electrons. The molecule has 0 aliphatic carbocycles. The highest BCUT2D eigenvalue weighted by Crippen LogP contribution is 2.44. The van der Waals surface area contributed by atoms with Crippen LogP contribution in [0.15, 0.2) is 24.3 Å². The zero-order valence-corrected chi connectivity index (χ0v) is 15.9. The van der Waals surface area contributed by atoms with E-state index in [2.05, 4.69) is 0 Å². The van der Waals surface area contributed by atoms with Crippen molar-refractivity contribution in [3.8, 4) is 0 Å². The number of carbonyl (C=O) groups excluding carboxylic acids is 1. The fourth-order valence-corrected chi connectivity index (χ4v) is 5.08. The first-order valence-electron chi connectivity index (χ1n) is 9.11. The lowest BCUT2D eigenvalue weighted by molar-refractivity contribution is -0.140. The van der Waals surface area contributed by atoms with E-state index < -0.39 is 23.2 Å². The molecule has 28 heavy (non-hydrogen) atoms. The Morgan fingerprint density at radius 2 is 2.00 bits per heavy atom. The normalized spacial score (nSPS) is 18.1. The summed E-state index contributed by atoms with van der Waals surface area (Å²) in [6, 6.07) is 5.52. The standard InChI is InChI=1S/C20H19F2NO4S/c21-14-3-1-2-12(18(14)22)10-17(24)23-7-5-20(6-8-23)13-11-16(19(25)26)28-15(13)4-9-27-20/h1-3,11H,4-10H2,(H,25,26). The Morgan fingerprint density at radius 3 is 2.71 bits per heavy atom. The van der Waals surface area contributed by atoms with Gasteiger partial charge < -0.3 is 14.7 Å². The number of carboxylic acid groups (broad SMARTS) is 1. The molecule has 2 aliphatic rings. The van der Waals surface area contributed by atoms with Crippen LogP contribution < -0.4 is 0 Å². The first kappa shape index (κ1) is 19.0. The Hall–Kier alpha value is -2.32. The first-order chi connectivity index (χ1) is 13.4. The Kier molecular flexibility index (Phi) is 4.93. The second-order valence-electron chi connectivity index (χ2n) is 7.12. The molecule has 5 nitrogen and oxygen atoms in total. The van der Waals surface area contributed by atoms with Gasteiger partial charge in [0.05, 0.1) is 18.6 Å². The number of carbonyl (C=O) groups is 2. The van der Waals surface area contributed by atoms with Crippen molar-refractivity contribution in [2.75, 3.05) is 19.7 Å². The van der Waals surface area contributed by atoms with Crippen molar-refractivity contribution in [1.82, 2.24) is 4.90 Å². The molecule has 1 N–H and O–H groups in total. The number of rotatable bonds is 3. The highest BCUT2D eigenvalue weighted by molar-refractivity contribution is 7.14. The number of aromatic carboxylic acids is 1. The number of piperidine rings is 1. The molecule has 1 aromatic heterocycles. The number of hydrogen-bond acceptors (Lipinski definition) is 4. The molecule has 1 saturated heterocycles. The van der Waals surface area contributed by atoms with Crippen molar-refractivity contribution in [3.63, 3.8) is 0 Å². The van der Waals surface area contributed by atoms with E-state index in [1.165, 1.54) is 23.5 Å². The molecule has 8 heteroatoms.